The third-order valence-electron chi connectivity index (χ3n) is 20.1. The first kappa shape index (κ1) is 96.1. The van der Waals surface area contributed by atoms with Crippen molar-refractivity contribution in [3.63, 3.8) is 0 Å². The zero-order chi connectivity index (χ0) is 88.9. The van der Waals surface area contributed by atoms with Crippen molar-refractivity contribution in [2.75, 3.05) is 51.6 Å². The molecule has 0 amide bonds. The first-order valence-corrected chi connectivity index (χ1v) is 52.4. The summed E-state index contributed by atoms with van der Waals surface area (Å²) < 4.78 is 114. The van der Waals surface area contributed by atoms with Crippen LogP contribution < -0.4 is 67.8 Å². The molecule has 674 valence electrons. The summed E-state index contributed by atoms with van der Waals surface area (Å²) in [5, 5.41) is 0. The molecule has 12 heterocycles. The lowest BCUT2D eigenvalue weighted by atomic mass is 10.1. The third kappa shape index (κ3) is 23.5. The molecule has 6 aromatic rings. The predicted molar refractivity (Wildman–Crippen MR) is 446 cm³/mol. The summed E-state index contributed by atoms with van der Waals surface area (Å²) in [6, 6.07) is 0. The maximum Gasteiger partial charge on any atom is 0.351 e. The van der Waals surface area contributed by atoms with Crippen LogP contribution >= 0.6 is 40.3 Å². The number of rotatable bonds is 35. The minimum Gasteiger partial charge on any atom is -0.383 e. The van der Waals surface area contributed by atoms with E-state index in [4.69, 9.17) is 165 Å². The van der Waals surface area contributed by atoms with Gasteiger partial charge in [0.25, 0.3) is 22.2 Å². The number of nitrogens with zero attached hydrogens (tertiary/aromatic N) is 8. The quantitative estimate of drug-likeness (QED) is 0.0236. The number of nitrogens with two attached hydrogens (primary N) is 2. The van der Waals surface area contributed by atoms with Crippen LogP contribution in [0.15, 0.2) is 85.1 Å². The molecular formula is C62H86N14O34P6S6. The monoisotopic (exact) mass is 1950 g/mol. The molecule has 0 aromatic carbocycles. The molecule has 6 aliphatic heterocycles. The third-order valence-corrected chi connectivity index (χ3v) is 29.8. The lowest BCUT2D eigenvalue weighted by Crippen LogP contribution is -2.33. The van der Waals surface area contributed by atoms with E-state index >= 15 is 0 Å². The number of H-pyrrole nitrogens is 4. The van der Waals surface area contributed by atoms with Gasteiger partial charge in [-0.3, -0.25) is 66.5 Å². The van der Waals surface area contributed by atoms with Crippen LogP contribution in [0.4, 0.5) is 11.6 Å². The van der Waals surface area contributed by atoms with E-state index in [0.717, 1.165) is 29.9 Å². The Bertz CT molecular complexity index is 5910. The van der Waals surface area contributed by atoms with Gasteiger partial charge >= 0.3 is 74.5 Å². The lowest BCUT2D eigenvalue weighted by Gasteiger charge is -2.28. The van der Waals surface area contributed by atoms with E-state index in [0.29, 0.717) is 17.5 Å². The summed E-state index contributed by atoms with van der Waals surface area (Å²) in [6.45, 7) is -20.0. The molecule has 24 atom stereocenters. The Kier molecular flexibility index (Phi) is 30.5. The molecule has 60 heteroatoms. The maximum atomic E-state index is 13.5. The molecule has 6 aliphatic rings. The molecule has 0 radical (unpaired) electrons. The largest absolute Gasteiger partial charge is 0.383 e. The second-order valence-corrected chi connectivity index (χ2v) is 45.7. The van der Waals surface area contributed by atoms with E-state index in [1.165, 1.54) is 69.4 Å². The van der Waals surface area contributed by atoms with Gasteiger partial charge in [-0.15, -0.1) is 0 Å². The van der Waals surface area contributed by atoms with E-state index in [1.54, 1.807) is 20.8 Å². The number of anilines is 2. The van der Waals surface area contributed by atoms with Crippen molar-refractivity contribution in [3.8, 4) is 0 Å². The van der Waals surface area contributed by atoms with E-state index in [9.17, 15) is 77.3 Å². The minimum atomic E-state index is -4.72. The molecule has 6 aromatic heterocycles. The molecule has 0 bridgehead atoms. The first-order valence-electron chi connectivity index (χ1n) is 36.8. The molecule has 48 nitrogen and oxygen atoms in total. The molecule has 0 spiro atoms. The second-order valence-electron chi connectivity index (χ2n) is 28.8. The second kappa shape index (κ2) is 38.8. The van der Waals surface area contributed by atoms with Gasteiger partial charge in [-0.25, -0.2) is 28.8 Å². The van der Waals surface area contributed by atoms with Gasteiger partial charge in [0, 0.05) is 116 Å². The molecule has 12 unspecified atom stereocenters. The molecule has 12 rings (SSSR count). The van der Waals surface area contributed by atoms with Crippen molar-refractivity contribution in [1.29, 1.82) is 0 Å². The van der Waals surface area contributed by atoms with Gasteiger partial charge in [0.15, 0.2) is 0 Å². The van der Waals surface area contributed by atoms with Crippen LogP contribution in [0.2, 0.25) is 0 Å². The highest BCUT2D eigenvalue weighted by atomic mass is 32.5. The lowest BCUT2D eigenvalue weighted by molar-refractivity contribution is -0.0577. The van der Waals surface area contributed by atoms with E-state index in [-0.39, 0.29) is 72.4 Å². The van der Waals surface area contributed by atoms with Crippen molar-refractivity contribution in [2.45, 2.75) is 204 Å². The Balaban J connectivity index is 0.745. The Labute approximate surface area is 718 Å². The molecule has 0 saturated carbocycles. The maximum absolute atomic E-state index is 13.5. The molecule has 6 fully saturated rings. The zero-order valence-corrected chi connectivity index (χ0v) is 75.6. The van der Waals surface area contributed by atoms with Crippen LogP contribution in [0.3, 0.4) is 0 Å². The average molecular weight is 1950 g/mol. The van der Waals surface area contributed by atoms with Crippen LogP contribution in [0.5, 0.6) is 0 Å². The van der Waals surface area contributed by atoms with Gasteiger partial charge in [-0.05, 0) is 119 Å². The molecule has 6 saturated heterocycles. The van der Waals surface area contributed by atoms with Crippen molar-refractivity contribution in [3.05, 3.63) is 175 Å². The van der Waals surface area contributed by atoms with Gasteiger partial charge in [-0.1, -0.05) is 6.92 Å². The van der Waals surface area contributed by atoms with Crippen molar-refractivity contribution in [2.24, 2.45) is 0 Å². The van der Waals surface area contributed by atoms with Crippen molar-refractivity contribution < 1.29 is 112 Å². The van der Waals surface area contributed by atoms with Gasteiger partial charge < -0.3 is 124 Å². The number of aromatic amines is 4. The van der Waals surface area contributed by atoms with Gasteiger partial charge in [0.2, 0.25) is 0 Å². The Hall–Kier alpha value is -4.98. The number of nitrogens with one attached hydrogen (secondary N) is 4. The van der Waals surface area contributed by atoms with Crippen molar-refractivity contribution >= 4 is 123 Å². The van der Waals surface area contributed by atoms with Crippen LogP contribution in [-0.4, -0.2) is 200 Å². The van der Waals surface area contributed by atoms with E-state index < -0.39 is 240 Å². The van der Waals surface area contributed by atoms with Crippen LogP contribution in [-0.2, 0) is 154 Å². The Morgan fingerprint density at radius 1 is 0.352 bits per heavy atom. The van der Waals surface area contributed by atoms with E-state index in [2.05, 4.69) is 29.9 Å². The fourth-order valence-corrected chi connectivity index (χ4v) is 22.2. The van der Waals surface area contributed by atoms with Gasteiger partial charge in [-0.2, -0.15) is 9.97 Å². The topological polar surface area (TPSA) is 629 Å². The molecular weight excluding hydrogens is 1860 g/mol. The molecule has 0 aliphatic carbocycles. The first-order chi connectivity index (χ1) is 57.0. The number of hydrogen-bond acceptors (Lipinski definition) is 38. The standard InChI is InChI=1S/C62H86N14O34P6S6/c1-9-33-34(10-45(99-33)73-18-29(4)53(77)67-59(73)83)106-112(88,118)94-23-41-36(12-46(101-41)71-16-27(2)51(63)65-57(71)81)107-114(90,120)97-26-44-39(15-50(104-44)76-21-32(7)56(80)70-62(76)86)110-116(92,122)96-24-42-37(13-47(102-42)72-17-28(3)52(64)66-58(72)82)108-115(91,121)98-25-43-38(14-49(103-43)75-20-31(6)55(79)69-61(75)85)109-113(89,119)95-22-40-35(105-111(87,117)93-8)11-48(100-40)74-19-30(5)54(78)68-60(74)84/h16-21,33-50H,9-15,22-26H2,1-8H3,(H,87,117)(H,88,118)(H,89,119)(H,90,120)(H,91,121)(H,92,122)(H2,63,65,81)(H2,64,66,82)(H,67,77,83)(H,68,78,84)(H,69,79,85)(H,70,80,86)/t33-,34?,35?,36?,37?,38?,39?,40-,41-,42-,43-,44-,45-,46-,47-,48-,49-,50-,111?,112?,113?,114?,115?,116?/m1/s1. The number of aryl methyl sites for hydroxylation is 6. The number of aromatic nitrogens is 12. The highest BCUT2D eigenvalue weighted by Crippen LogP contribution is 2.57. The predicted octanol–water partition coefficient (Wildman–Crippen LogP) is 0.192. The number of hydrogen-bond donors (Lipinski definition) is 12. The summed E-state index contributed by atoms with van der Waals surface area (Å²) in [5.41, 5.74) is 5.06. The highest BCUT2D eigenvalue weighted by molar-refractivity contribution is 8.08. The fourth-order valence-electron chi connectivity index (χ4n) is 13.8. The Morgan fingerprint density at radius 3 is 0.770 bits per heavy atom. The summed E-state index contributed by atoms with van der Waals surface area (Å²) >= 11 is 32.8. The summed E-state index contributed by atoms with van der Waals surface area (Å²) in [4.78, 5) is 216. The zero-order valence-electron chi connectivity index (χ0n) is 65.3. The fraction of sp³-hybridized carbons (Fsp3) is 0.613. The summed E-state index contributed by atoms with van der Waals surface area (Å²) in [7, 11) is 1.09. The normalized spacial score (nSPS) is 29.8. The molecule has 14 N–H and O–H groups in total. The van der Waals surface area contributed by atoms with Crippen LogP contribution in [0, 0.1) is 41.5 Å². The number of nitrogen functional groups attached to an aromatic ring is 2. The number of ether oxygens (including phenoxy) is 6. The Morgan fingerprint density at radius 2 is 0.549 bits per heavy atom. The SMILES string of the molecule is CC[C@H]1O[C@@H](n2cc(C)c(=O)[nH]c2=O)CC1OP(O)(=S)OC[C@H]1O[C@@H](n2cc(C)c(N)nc2=O)CC1OP(O)(=S)OC[C@H]1O[C@@H](n2cc(C)c(=O)[nH]c2=O)CC1OP(O)(=S)OC[C@H]1O[C@@H](n2cc(C)c(N)nc2=O)CC1OP(O)(=S)OC[C@H]1O[C@@H](n2cc(C)c(=O)[nH]c2=O)CC1OP(O)(=S)OC[C@H]1O[C@@H](n2cc(C)c(=O)[nH]c2=O)CC1OP(O)(=S)OC. The van der Waals surface area contributed by atoms with Crippen molar-refractivity contribution in [1.82, 2.24) is 57.3 Å². The summed E-state index contributed by atoms with van der Waals surface area (Å²) in [5.74, 6) is -0.210. The minimum absolute atomic E-state index is 0.0269. The van der Waals surface area contributed by atoms with Gasteiger partial charge in [0.1, 0.15) is 79.5 Å². The smallest absolute Gasteiger partial charge is 0.351 e. The van der Waals surface area contributed by atoms with Crippen LogP contribution in [0.25, 0.3) is 0 Å². The van der Waals surface area contributed by atoms with Gasteiger partial charge in [0.05, 0.1) is 75.8 Å². The summed E-state index contributed by atoms with van der Waals surface area (Å²) in [6.07, 6.45) is -16.8. The van der Waals surface area contributed by atoms with E-state index in [1.807, 2.05) is 0 Å². The molecule has 122 heavy (non-hydrogen) atoms. The average Bonchev–Trinajstić information content (AvgIpc) is 1.67. The highest BCUT2D eigenvalue weighted by Gasteiger charge is 2.50. The van der Waals surface area contributed by atoms with Crippen LogP contribution in [0.1, 0.15) is 123 Å².